The molecule has 4 rings (SSSR count). The quantitative estimate of drug-likeness (QED) is 0.153. The van der Waals surface area contributed by atoms with E-state index in [-0.39, 0.29) is 35.4 Å². The Bertz CT molecular complexity index is 1640. The molecule has 0 spiro atoms. The maximum Gasteiger partial charge on any atom is 0.261 e. The second-order valence-corrected chi connectivity index (χ2v) is 12.1. The highest BCUT2D eigenvalue weighted by Crippen LogP contribution is 2.21. The van der Waals surface area contributed by atoms with Gasteiger partial charge in [-0.05, 0) is 73.0 Å². The third-order valence-electron chi connectivity index (χ3n) is 7.03. The topological polar surface area (TPSA) is 114 Å². The maximum atomic E-state index is 13.8. The first kappa shape index (κ1) is 34.1. The number of amides is 2. The summed E-state index contributed by atoms with van der Waals surface area (Å²) in [6.45, 7) is 3.22. The summed E-state index contributed by atoms with van der Waals surface area (Å²) in [6.07, 6.45) is 0.933. The summed E-state index contributed by atoms with van der Waals surface area (Å²) < 4.78 is 52.4. The summed E-state index contributed by atoms with van der Waals surface area (Å²) in [7, 11) is -3.94. The zero-order valence-electron chi connectivity index (χ0n) is 25.6. The summed E-state index contributed by atoms with van der Waals surface area (Å²) in [5, 5.41) is 2.96. The zero-order chi connectivity index (χ0) is 32.8. The number of nitrogens with one attached hydrogen (secondary N) is 2. The van der Waals surface area contributed by atoms with Gasteiger partial charge in [-0.15, -0.1) is 0 Å². The van der Waals surface area contributed by atoms with Crippen LogP contribution in [0, 0.1) is 5.82 Å². The van der Waals surface area contributed by atoms with Gasteiger partial charge in [0.25, 0.3) is 15.9 Å². The number of hydrogen-bond donors (Lipinski definition) is 2. The number of sulfonamides is 1. The van der Waals surface area contributed by atoms with Crippen molar-refractivity contribution in [3.63, 3.8) is 0 Å². The average molecular weight is 648 g/mol. The van der Waals surface area contributed by atoms with Gasteiger partial charge in [0, 0.05) is 38.4 Å². The molecule has 2 amide bonds. The molecule has 0 saturated carbocycles. The Morgan fingerprint density at radius 1 is 0.848 bits per heavy atom. The number of ether oxygens (including phenoxy) is 2. The molecule has 242 valence electrons. The van der Waals surface area contributed by atoms with Crippen LogP contribution in [0.3, 0.4) is 0 Å². The Morgan fingerprint density at radius 3 is 2.11 bits per heavy atom. The van der Waals surface area contributed by atoms with Crippen molar-refractivity contribution in [2.24, 2.45) is 0 Å². The predicted octanol–water partition coefficient (Wildman–Crippen LogP) is 5.19. The van der Waals surface area contributed by atoms with Crippen LogP contribution in [0.4, 0.5) is 10.1 Å². The number of anilines is 1. The highest BCUT2D eigenvalue weighted by molar-refractivity contribution is 7.92. The van der Waals surface area contributed by atoms with Crippen LogP contribution in [0.1, 0.15) is 24.5 Å². The van der Waals surface area contributed by atoms with E-state index in [1.165, 1.54) is 41.3 Å². The van der Waals surface area contributed by atoms with E-state index >= 15 is 0 Å². The Balaban J connectivity index is 1.49. The number of hydrogen-bond acceptors (Lipinski definition) is 6. The van der Waals surface area contributed by atoms with Gasteiger partial charge in [0.1, 0.15) is 17.6 Å². The van der Waals surface area contributed by atoms with Gasteiger partial charge in [-0.2, -0.15) is 0 Å². The second kappa shape index (κ2) is 17.1. The molecule has 0 unspecified atom stereocenters. The number of carbonyl (C=O) groups excluding carboxylic acids is 2. The lowest BCUT2D eigenvalue weighted by Gasteiger charge is -2.31. The van der Waals surface area contributed by atoms with Gasteiger partial charge in [0.2, 0.25) is 5.91 Å². The molecule has 46 heavy (non-hydrogen) atoms. The van der Waals surface area contributed by atoms with Gasteiger partial charge >= 0.3 is 0 Å². The lowest BCUT2D eigenvalue weighted by atomic mass is 10.0. The van der Waals surface area contributed by atoms with Crippen LogP contribution in [-0.2, 0) is 37.3 Å². The molecular weight excluding hydrogens is 609 g/mol. The highest BCUT2D eigenvalue weighted by atomic mass is 32.2. The lowest BCUT2D eigenvalue weighted by molar-refractivity contribution is -0.142. The van der Waals surface area contributed by atoms with Crippen LogP contribution >= 0.6 is 0 Å². The Hall–Kier alpha value is -4.74. The van der Waals surface area contributed by atoms with Crippen LogP contribution in [0.25, 0.3) is 0 Å². The summed E-state index contributed by atoms with van der Waals surface area (Å²) in [6, 6.07) is 28.6. The number of nitrogens with zero attached hydrogens (tertiary/aromatic N) is 1. The first-order chi connectivity index (χ1) is 22.2. The highest BCUT2D eigenvalue weighted by Gasteiger charge is 2.30. The minimum Gasteiger partial charge on any atom is -0.484 e. The van der Waals surface area contributed by atoms with E-state index in [2.05, 4.69) is 10.0 Å². The van der Waals surface area contributed by atoms with Gasteiger partial charge in [-0.25, -0.2) is 12.8 Å². The van der Waals surface area contributed by atoms with Crippen molar-refractivity contribution >= 4 is 27.5 Å². The molecule has 11 heteroatoms. The lowest BCUT2D eigenvalue weighted by Crippen LogP contribution is -2.51. The molecule has 0 heterocycles. The van der Waals surface area contributed by atoms with Crippen molar-refractivity contribution < 1.29 is 31.9 Å². The Kier molecular flexibility index (Phi) is 12.7. The molecule has 0 aliphatic heterocycles. The Labute approximate surface area is 269 Å². The van der Waals surface area contributed by atoms with Gasteiger partial charge in [0.05, 0.1) is 4.90 Å². The van der Waals surface area contributed by atoms with Crippen LogP contribution in [-0.4, -0.2) is 57.5 Å². The minimum atomic E-state index is -3.94. The number of benzene rings is 4. The maximum absolute atomic E-state index is 13.8. The van der Waals surface area contributed by atoms with E-state index in [0.29, 0.717) is 32.6 Å². The molecule has 0 aliphatic rings. The molecule has 1 atom stereocenters. The zero-order valence-corrected chi connectivity index (χ0v) is 26.4. The first-order valence-electron chi connectivity index (χ1n) is 15.0. The number of carbonyl (C=O) groups is 2. The van der Waals surface area contributed by atoms with Crippen molar-refractivity contribution in [2.75, 3.05) is 31.1 Å². The van der Waals surface area contributed by atoms with E-state index in [1.807, 2.05) is 67.6 Å². The number of rotatable bonds is 17. The summed E-state index contributed by atoms with van der Waals surface area (Å²) in [5.41, 5.74) is 1.96. The molecule has 0 saturated heterocycles. The van der Waals surface area contributed by atoms with E-state index < -0.39 is 27.8 Å². The van der Waals surface area contributed by atoms with Gasteiger partial charge in [0.15, 0.2) is 6.61 Å². The molecule has 9 nitrogen and oxygen atoms in total. The largest absolute Gasteiger partial charge is 0.484 e. The van der Waals surface area contributed by atoms with Crippen LogP contribution in [0.2, 0.25) is 0 Å². The third kappa shape index (κ3) is 10.4. The molecule has 0 fully saturated rings. The van der Waals surface area contributed by atoms with Gasteiger partial charge < -0.3 is 19.7 Å². The molecular formula is C35H38FN3O6S. The predicted molar refractivity (Wildman–Crippen MR) is 174 cm³/mol. The van der Waals surface area contributed by atoms with Crippen LogP contribution in [0.15, 0.2) is 114 Å². The third-order valence-corrected chi connectivity index (χ3v) is 8.43. The van der Waals surface area contributed by atoms with Crippen LogP contribution < -0.4 is 14.8 Å². The van der Waals surface area contributed by atoms with Crippen molar-refractivity contribution in [3.05, 3.63) is 126 Å². The van der Waals surface area contributed by atoms with Crippen molar-refractivity contribution in [1.82, 2.24) is 10.2 Å². The normalized spacial score (nSPS) is 11.8. The van der Waals surface area contributed by atoms with Crippen molar-refractivity contribution in [3.8, 4) is 5.75 Å². The van der Waals surface area contributed by atoms with E-state index in [4.69, 9.17) is 9.47 Å². The van der Waals surface area contributed by atoms with E-state index in [9.17, 15) is 22.4 Å². The number of halogens is 1. The fourth-order valence-corrected chi connectivity index (χ4v) is 5.72. The second-order valence-electron chi connectivity index (χ2n) is 10.4. The molecule has 0 aliphatic carbocycles. The van der Waals surface area contributed by atoms with Gasteiger partial charge in [-0.1, -0.05) is 60.7 Å². The smallest absolute Gasteiger partial charge is 0.261 e. The van der Waals surface area contributed by atoms with Crippen molar-refractivity contribution in [1.29, 1.82) is 0 Å². The fraction of sp³-hybridized carbons (Fsp3) is 0.257. The molecule has 2 N–H and O–H groups in total. The van der Waals surface area contributed by atoms with Gasteiger partial charge in [-0.3, -0.25) is 14.3 Å². The molecule has 0 bridgehead atoms. The van der Waals surface area contributed by atoms with Crippen molar-refractivity contribution in [2.45, 2.75) is 37.2 Å². The summed E-state index contributed by atoms with van der Waals surface area (Å²) in [4.78, 5) is 28.9. The standard InChI is InChI=1S/C35H38FN3O6S/c1-2-44-23-9-22-37-35(41)33(24-27-10-5-3-6-11-27)39(25-28-12-7-4-8-13-28)34(40)26-45-31-18-20-32(21-19-31)46(42,43)38-30-16-14-29(36)15-17-30/h3-8,10-21,33,38H,2,9,22-26H2,1H3,(H,37,41)/t33-/m0/s1. The molecule has 4 aromatic carbocycles. The average Bonchev–Trinajstić information content (AvgIpc) is 3.07. The Morgan fingerprint density at radius 2 is 1.48 bits per heavy atom. The molecule has 4 aromatic rings. The molecule has 0 radical (unpaired) electrons. The fourth-order valence-electron chi connectivity index (χ4n) is 4.66. The molecule has 0 aromatic heterocycles. The van der Waals surface area contributed by atoms with E-state index in [0.717, 1.165) is 23.3 Å². The van der Waals surface area contributed by atoms with Crippen LogP contribution in [0.5, 0.6) is 5.75 Å². The first-order valence-corrected chi connectivity index (χ1v) is 16.5. The SMILES string of the molecule is CCOCCCNC(=O)[C@H](Cc1ccccc1)N(Cc1ccccc1)C(=O)COc1ccc(S(=O)(=O)Nc2ccc(F)cc2)cc1. The summed E-state index contributed by atoms with van der Waals surface area (Å²) >= 11 is 0. The minimum absolute atomic E-state index is 0.0369. The van der Waals surface area contributed by atoms with E-state index in [1.54, 1.807) is 0 Å². The summed E-state index contributed by atoms with van der Waals surface area (Å²) in [5.74, 6) is -0.906. The monoisotopic (exact) mass is 647 g/mol.